The molecule has 0 bridgehead atoms. The van der Waals surface area contributed by atoms with Gasteiger partial charge in [0, 0.05) is 0 Å². The van der Waals surface area contributed by atoms with E-state index in [2.05, 4.69) is 5.32 Å². The Balaban J connectivity index is 2.89. The van der Waals surface area contributed by atoms with Gasteiger partial charge in [-0.05, 0) is 18.6 Å². The van der Waals surface area contributed by atoms with Crippen LogP contribution >= 0.6 is 0 Å². The van der Waals surface area contributed by atoms with Crippen molar-refractivity contribution >= 4 is 5.91 Å². The molecule has 0 radical (unpaired) electrons. The van der Waals surface area contributed by atoms with Gasteiger partial charge in [-0.2, -0.15) is 0 Å². The first kappa shape index (κ1) is 13.3. The molecule has 0 aliphatic heterocycles. The van der Waals surface area contributed by atoms with E-state index in [-0.39, 0.29) is 29.7 Å². The smallest absolute Gasteiger partial charge is 0.255 e. The minimum absolute atomic E-state index is 0.132. The number of hydrogen-bond acceptors (Lipinski definition) is 4. The second-order valence-corrected chi connectivity index (χ2v) is 3.62. The zero-order valence-corrected chi connectivity index (χ0v) is 9.93. The molecule has 1 amide bonds. The number of aliphatic hydroxyl groups is 1. The summed E-state index contributed by atoms with van der Waals surface area (Å²) in [4.78, 5) is 11.8. The third-order valence-electron chi connectivity index (χ3n) is 2.51. The number of ether oxygens (including phenoxy) is 1. The maximum atomic E-state index is 11.8. The number of phenolic OH excluding ortho intramolecular Hbond substituents is 1. The molecule has 5 nitrogen and oxygen atoms in total. The van der Waals surface area contributed by atoms with Crippen molar-refractivity contribution in [2.24, 2.45) is 0 Å². The second kappa shape index (κ2) is 6.10. The van der Waals surface area contributed by atoms with Crippen molar-refractivity contribution in [2.75, 3.05) is 13.7 Å². The topological polar surface area (TPSA) is 78.8 Å². The first-order valence-electron chi connectivity index (χ1n) is 5.41. The molecule has 3 N–H and O–H groups in total. The summed E-state index contributed by atoms with van der Waals surface area (Å²) in [6.45, 7) is 1.72. The molecule has 0 aromatic heterocycles. The van der Waals surface area contributed by atoms with Crippen molar-refractivity contribution in [1.82, 2.24) is 5.32 Å². The van der Waals surface area contributed by atoms with Gasteiger partial charge in [-0.3, -0.25) is 4.79 Å². The third kappa shape index (κ3) is 3.10. The lowest BCUT2D eigenvalue weighted by molar-refractivity contribution is 0.0911. The van der Waals surface area contributed by atoms with E-state index in [1.54, 1.807) is 12.1 Å². The highest BCUT2D eigenvalue weighted by atomic mass is 16.5. The van der Waals surface area contributed by atoms with Crippen molar-refractivity contribution in [3.05, 3.63) is 23.8 Å². The number of rotatable bonds is 5. The number of methoxy groups -OCH3 is 1. The Kier molecular flexibility index (Phi) is 4.78. The Hall–Kier alpha value is -1.75. The van der Waals surface area contributed by atoms with Crippen molar-refractivity contribution in [1.29, 1.82) is 0 Å². The molecule has 0 unspecified atom stereocenters. The number of carbonyl (C=O) groups excluding carboxylic acids is 1. The van der Waals surface area contributed by atoms with Crippen molar-refractivity contribution < 1.29 is 19.7 Å². The van der Waals surface area contributed by atoms with Gasteiger partial charge < -0.3 is 20.3 Å². The molecule has 0 aliphatic rings. The number of phenols is 1. The van der Waals surface area contributed by atoms with Gasteiger partial charge >= 0.3 is 0 Å². The van der Waals surface area contributed by atoms with Crippen LogP contribution in [0.15, 0.2) is 18.2 Å². The van der Waals surface area contributed by atoms with E-state index in [9.17, 15) is 9.90 Å². The molecule has 5 heteroatoms. The Morgan fingerprint density at radius 3 is 2.76 bits per heavy atom. The molecule has 0 saturated heterocycles. The summed E-state index contributed by atoms with van der Waals surface area (Å²) in [5, 5.41) is 21.4. The van der Waals surface area contributed by atoms with Gasteiger partial charge in [0.05, 0.1) is 25.3 Å². The molecule has 0 spiro atoms. The summed E-state index contributed by atoms with van der Waals surface area (Å²) in [6.07, 6.45) is 0.618. The van der Waals surface area contributed by atoms with E-state index in [1.807, 2.05) is 6.92 Å². The number of nitrogens with one attached hydrogen (secondary N) is 1. The Bertz CT molecular complexity index is 388. The van der Waals surface area contributed by atoms with E-state index >= 15 is 0 Å². The standard InChI is InChI=1S/C12H17NO4/c1-3-8(7-14)13-12(16)9-5-4-6-10(17-2)11(9)15/h4-6,8,14-15H,3,7H2,1-2H3,(H,13,16)/t8-/m1/s1. The van der Waals surface area contributed by atoms with Gasteiger partial charge in [-0.25, -0.2) is 0 Å². The van der Waals surface area contributed by atoms with Crippen LogP contribution in [0.2, 0.25) is 0 Å². The summed E-state index contributed by atoms with van der Waals surface area (Å²) in [5.41, 5.74) is 0.135. The highest BCUT2D eigenvalue weighted by molar-refractivity contribution is 5.97. The SMILES string of the molecule is CC[C@H](CO)NC(=O)c1cccc(OC)c1O. The Morgan fingerprint density at radius 2 is 2.24 bits per heavy atom. The Labute approximate surface area is 100 Å². The number of aliphatic hydroxyl groups excluding tert-OH is 1. The fourth-order valence-corrected chi connectivity index (χ4v) is 1.41. The molecule has 94 valence electrons. The normalized spacial score (nSPS) is 11.9. The van der Waals surface area contributed by atoms with Crippen molar-refractivity contribution in [3.8, 4) is 11.5 Å². The van der Waals surface area contributed by atoms with Gasteiger partial charge in [0.25, 0.3) is 5.91 Å². The molecule has 0 saturated carbocycles. The summed E-state index contributed by atoms with van der Waals surface area (Å²) in [5.74, 6) is -0.378. The maximum absolute atomic E-state index is 11.8. The van der Waals surface area contributed by atoms with Gasteiger partial charge in [-0.15, -0.1) is 0 Å². The predicted molar refractivity (Wildman–Crippen MR) is 63.3 cm³/mol. The molecule has 1 aromatic carbocycles. The van der Waals surface area contributed by atoms with Crippen LogP contribution in [-0.4, -0.2) is 35.9 Å². The first-order valence-corrected chi connectivity index (χ1v) is 5.41. The largest absolute Gasteiger partial charge is 0.504 e. The fourth-order valence-electron chi connectivity index (χ4n) is 1.41. The van der Waals surface area contributed by atoms with Crippen LogP contribution in [0.5, 0.6) is 11.5 Å². The molecule has 0 heterocycles. The van der Waals surface area contributed by atoms with E-state index in [4.69, 9.17) is 9.84 Å². The van der Waals surface area contributed by atoms with Crippen LogP contribution in [0, 0.1) is 0 Å². The van der Waals surface area contributed by atoms with E-state index in [0.29, 0.717) is 6.42 Å². The Morgan fingerprint density at radius 1 is 1.53 bits per heavy atom. The minimum atomic E-state index is -0.428. The third-order valence-corrected chi connectivity index (χ3v) is 2.51. The number of para-hydroxylation sites is 1. The molecule has 1 rings (SSSR count). The first-order chi connectivity index (χ1) is 8.13. The van der Waals surface area contributed by atoms with Crippen molar-refractivity contribution in [2.45, 2.75) is 19.4 Å². The molecule has 1 atom stereocenters. The molecule has 0 fully saturated rings. The van der Waals surface area contributed by atoms with E-state index in [0.717, 1.165) is 0 Å². The number of carbonyl (C=O) groups is 1. The highest BCUT2D eigenvalue weighted by Crippen LogP contribution is 2.29. The van der Waals surface area contributed by atoms with E-state index in [1.165, 1.54) is 13.2 Å². The van der Waals surface area contributed by atoms with Gasteiger partial charge in [0.15, 0.2) is 11.5 Å². The zero-order valence-electron chi connectivity index (χ0n) is 9.93. The lowest BCUT2D eigenvalue weighted by Gasteiger charge is -2.15. The average molecular weight is 239 g/mol. The number of benzene rings is 1. The fraction of sp³-hybridized carbons (Fsp3) is 0.417. The second-order valence-electron chi connectivity index (χ2n) is 3.62. The summed E-state index contributed by atoms with van der Waals surface area (Å²) >= 11 is 0. The monoisotopic (exact) mass is 239 g/mol. The van der Waals surface area contributed by atoms with Crippen LogP contribution in [0.4, 0.5) is 0 Å². The van der Waals surface area contributed by atoms with Gasteiger partial charge in [-0.1, -0.05) is 13.0 Å². The molecule has 1 aromatic rings. The van der Waals surface area contributed by atoms with Crippen LogP contribution in [0.1, 0.15) is 23.7 Å². The van der Waals surface area contributed by atoms with E-state index < -0.39 is 5.91 Å². The number of hydrogen-bond donors (Lipinski definition) is 3. The number of amides is 1. The van der Waals surface area contributed by atoms with Gasteiger partial charge in [0.2, 0.25) is 0 Å². The molecule has 17 heavy (non-hydrogen) atoms. The summed E-state index contributed by atoms with van der Waals surface area (Å²) in [6, 6.07) is 4.37. The summed E-state index contributed by atoms with van der Waals surface area (Å²) < 4.78 is 4.91. The quantitative estimate of drug-likeness (QED) is 0.713. The van der Waals surface area contributed by atoms with Crippen LogP contribution in [0.3, 0.4) is 0 Å². The maximum Gasteiger partial charge on any atom is 0.255 e. The highest BCUT2D eigenvalue weighted by Gasteiger charge is 2.17. The average Bonchev–Trinajstić information content (AvgIpc) is 2.35. The van der Waals surface area contributed by atoms with Crippen LogP contribution in [-0.2, 0) is 0 Å². The number of aromatic hydroxyl groups is 1. The summed E-state index contributed by atoms with van der Waals surface area (Å²) in [7, 11) is 1.42. The lowest BCUT2D eigenvalue weighted by atomic mass is 10.1. The van der Waals surface area contributed by atoms with Crippen LogP contribution in [0.25, 0.3) is 0 Å². The van der Waals surface area contributed by atoms with Crippen molar-refractivity contribution in [3.63, 3.8) is 0 Å². The molecular weight excluding hydrogens is 222 g/mol. The van der Waals surface area contributed by atoms with Crippen LogP contribution < -0.4 is 10.1 Å². The lowest BCUT2D eigenvalue weighted by Crippen LogP contribution is -2.36. The predicted octanol–water partition coefficient (Wildman–Crippen LogP) is 0.902. The molecular formula is C12H17NO4. The zero-order chi connectivity index (χ0) is 12.8. The van der Waals surface area contributed by atoms with Gasteiger partial charge in [0.1, 0.15) is 0 Å². The minimum Gasteiger partial charge on any atom is -0.504 e. The molecule has 0 aliphatic carbocycles.